The third kappa shape index (κ3) is 2.01. The number of benzene rings is 1. The number of methoxy groups -OCH3 is 2. The fraction of sp³-hybridized carbons (Fsp3) is 0.300. The maximum absolute atomic E-state index is 13.3. The first-order valence-electron chi connectivity index (χ1n) is 3.98. The molecule has 0 aliphatic carbocycles. The SMILES string of the molecule is COCc1cc(F)c(C#N)c(OC)c1. The number of nitrogens with zero attached hydrogens (tertiary/aromatic N) is 1. The van der Waals surface area contributed by atoms with Crippen LogP contribution in [0.4, 0.5) is 4.39 Å². The van der Waals surface area contributed by atoms with Gasteiger partial charge in [-0.25, -0.2) is 4.39 Å². The number of hydrogen-bond donors (Lipinski definition) is 0. The number of halogens is 1. The Balaban J connectivity index is 3.19. The van der Waals surface area contributed by atoms with E-state index < -0.39 is 5.82 Å². The molecule has 0 spiro atoms. The summed E-state index contributed by atoms with van der Waals surface area (Å²) in [6, 6.07) is 4.60. The van der Waals surface area contributed by atoms with E-state index in [4.69, 9.17) is 14.7 Å². The van der Waals surface area contributed by atoms with Crippen LogP contribution in [-0.2, 0) is 11.3 Å². The van der Waals surface area contributed by atoms with Gasteiger partial charge in [-0.1, -0.05) is 0 Å². The molecule has 0 unspecified atom stereocenters. The van der Waals surface area contributed by atoms with Crippen molar-refractivity contribution in [1.82, 2.24) is 0 Å². The summed E-state index contributed by atoms with van der Waals surface area (Å²) in [5.74, 6) is -0.349. The summed E-state index contributed by atoms with van der Waals surface area (Å²) >= 11 is 0. The topological polar surface area (TPSA) is 42.2 Å². The predicted molar refractivity (Wildman–Crippen MR) is 48.4 cm³/mol. The van der Waals surface area contributed by atoms with Gasteiger partial charge in [0.2, 0.25) is 0 Å². The Bertz CT molecular complexity index is 371. The van der Waals surface area contributed by atoms with Gasteiger partial charge >= 0.3 is 0 Å². The first-order chi connectivity index (χ1) is 6.72. The second-order valence-corrected chi connectivity index (χ2v) is 2.70. The molecular formula is C10H10FNO2. The van der Waals surface area contributed by atoms with Crippen LogP contribution >= 0.6 is 0 Å². The first-order valence-corrected chi connectivity index (χ1v) is 3.98. The maximum atomic E-state index is 13.3. The largest absolute Gasteiger partial charge is 0.495 e. The third-order valence-corrected chi connectivity index (χ3v) is 1.76. The average molecular weight is 195 g/mol. The van der Waals surface area contributed by atoms with Gasteiger partial charge in [0, 0.05) is 7.11 Å². The van der Waals surface area contributed by atoms with Crippen molar-refractivity contribution in [3.05, 3.63) is 29.1 Å². The van der Waals surface area contributed by atoms with E-state index >= 15 is 0 Å². The standard InChI is InChI=1S/C10H10FNO2/c1-13-6-7-3-9(11)8(5-12)10(4-7)14-2/h3-4H,6H2,1-2H3. The van der Waals surface area contributed by atoms with Gasteiger partial charge in [-0.15, -0.1) is 0 Å². The van der Waals surface area contributed by atoms with E-state index in [0.717, 1.165) is 0 Å². The molecule has 0 aliphatic rings. The molecule has 14 heavy (non-hydrogen) atoms. The van der Waals surface area contributed by atoms with Crippen LogP contribution in [0.3, 0.4) is 0 Å². The molecule has 0 N–H and O–H groups in total. The van der Waals surface area contributed by atoms with E-state index in [1.807, 2.05) is 0 Å². The second kappa shape index (κ2) is 4.58. The number of rotatable bonds is 3. The lowest BCUT2D eigenvalue weighted by atomic mass is 10.1. The molecule has 1 aromatic carbocycles. The fourth-order valence-electron chi connectivity index (χ4n) is 1.15. The predicted octanol–water partition coefficient (Wildman–Crippen LogP) is 1.85. The summed E-state index contributed by atoms with van der Waals surface area (Å²) in [6.07, 6.45) is 0. The van der Waals surface area contributed by atoms with Gasteiger partial charge in [0.05, 0.1) is 13.7 Å². The number of ether oxygens (including phenoxy) is 2. The molecule has 0 amide bonds. The van der Waals surface area contributed by atoms with Crippen molar-refractivity contribution in [3.8, 4) is 11.8 Å². The Labute approximate surface area is 81.7 Å². The van der Waals surface area contributed by atoms with Crippen molar-refractivity contribution in [3.63, 3.8) is 0 Å². The minimum Gasteiger partial charge on any atom is -0.495 e. The second-order valence-electron chi connectivity index (χ2n) is 2.70. The smallest absolute Gasteiger partial charge is 0.145 e. The van der Waals surface area contributed by atoms with Crippen molar-refractivity contribution >= 4 is 0 Å². The van der Waals surface area contributed by atoms with Crippen molar-refractivity contribution in [1.29, 1.82) is 5.26 Å². The van der Waals surface area contributed by atoms with E-state index in [0.29, 0.717) is 12.2 Å². The van der Waals surface area contributed by atoms with Crippen molar-refractivity contribution < 1.29 is 13.9 Å². The van der Waals surface area contributed by atoms with Crippen LogP contribution in [0.25, 0.3) is 0 Å². The highest BCUT2D eigenvalue weighted by atomic mass is 19.1. The molecule has 1 aromatic rings. The first kappa shape index (κ1) is 10.5. The van der Waals surface area contributed by atoms with Crippen LogP contribution < -0.4 is 4.74 Å². The summed E-state index contributed by atoms with van der Waals surface area (Å²) in [5, 5.41) is 8.65. The molecular weight excluding hydrogens is 185 g/mol. The van der Waals surface area contributed by atoms with Crippen molar-refractivity contribution in [2.45, 2.75) is 6.61 Å². The molecule has 0 aliphatic heterocycles. The van der Waals surface area contributed by atoms with Gasteiger partial charge in [0.25, 0.3) is 0 Å². The van der Waals surface area contributed by atoms with Crippen LogP contribution in [0.15, 0.2) is 12.1 Å². The van der Waals surface area contributed by atoms with Crippen LogP contribution in [-0.4, -0.2) is 14.2 Å². The molecule has 0 atom stereocenters. The van der Waals surface area contributed by atoms with Crippen LogP contribution in [0.2, 0.25) is 0 Å². The van der Waals surface area contributed by atoms with Gasteiger partial charge in [-0.05, 0) is 17.7 Å². The fourth-order valence-corrected chi connectivity index (χ4v) is 1.15. The number of hydrogen-bond acceptors (Lipinski definition) is 3. The monoisotopic (exact) mass is 195 g/mol. The highest BCUT2D eigenvalue weighted by Gasteiger charge is 2.10. The minimum absolute atomic E-state index is 0.0765. The summed E-state index contributed by atoms with van der Waals surface area (Å²) in [4.78, 5) is 0. The van der Waals surface area contributed by atoms with Gasteiger partial charge in [-0.2, -0.15) is 5.26 Å². The molecule has 1 rings (SSSR count). The Hall–Kier alpha value is -1.60. The van der Waals surface area contributed by atoms with Crippen LogP contribution in [0.1, 0.15) is 11.1 Å². The Kier molecular flexibility index (Phi) is 3.43. The molecule has 74 valence electrons. The molecule has 0 radical (unpaired) electrons. The summed E-state index contributed by atoms with van der Waals surface area (Å²) in [7, 11) is 2.91. The van der Waals surface area contributed by atoms with E-state index in [9.17, 15) is 4.39 Å². The lowest BCUT2D eigenvalue weighted by Crippen LogP contribution is -1.96. The normalized spacial score (nSPS) is 9.57. The molecule has 4 heteroatoms. The summed E-state index contributed by atoms with van der Waals surface area (Å²) < 4.78 is 23.0. The molecule has 0 aromatic heterocycles. The van der Waals surface area contributed by atoms with Crippen molar-refractivity contribution in [2.24, 2.45) is 0 Å². The Morgan fingerprint density at radius 2 is 2.14 bits per heavy atom. The molecule has 0 fully saturated rings. The molecule has 0 saturated carbocycles. The maximum Gasteiger partial charge on any atom is 0.145 e. The van der Waals surface area contributed by atoms with Gasteiger partial charge in [-0.3, -0.25) is 0 Å². The zero-order chi connectivity index (χ0) is 10.6. The zero-order valence-corrected chi connectivity index (χ0v) is 8.00. The van der Waals surface area contributed by atoms with Gasteiger partial charge in [0.15, 0.2) is 0 Å². The Morgan fingerprint density at radius 3 is 2.64 bits per heavy atom. The third-order valence-electron chi connectivity index (χ3n) is 1.76. The van der Waals surface area contributed by atoms with Gasteiger partial charge < -0.3 is 9.47 Å². The van der Waals surface area contributed by atoms with Crippen LogP contribution in [0, 0.1) is 17.1 Å². The minimum atomic E-state index is -0.584. The van der Waals surface area contributed by atoms with E-state index in [-0.39, 0.29) is 11.3 Å². The molecule has 0 bridgehead atoms. The van der Waals surface area contributed by atoms with Gasteiger partial charge in [0.1, 0.15) is 23.2 Å². The summed E-state index contributed by atoms with van der Waals surface area (Å²) in [6.45, 7) is 0.291. The Morgan fingerprint density at radius 1 is 1.43 bits per heavy atom. The average Bonchev–Trinajstić information content (AvgIpc) is 2.17. The van der Waals surface area contributed by atoms with E-state index in [1.165, 1.54) is 20.3 Å². The van der Waals surface area contributed by atoms with Crippen molar-refractivity contribution in [2.75, 3.05) is 14.2 Å². The molecule has 0 saturated heterocycles. The van der Waals surface area contributed by atoms with Crippen LogP contribution in [0.5, 0.6) is 5.75 Å². The zero-order valence-electron chi connectivity index (χ0n) is 8.00. The van der Waals surface area contributed by atoms with E-state index in [1.54, 1.807) is 12.1 Å². The number of nitriles is 1. The van der Waals surface area contributed by atoms with E-state index in [2.05, 4.69) is 0 Å². The lowest BCUT2D eigenvalue weighted by Gasteiger charge is -2.06. The lowest BCUT2D eigenvalue weighted by molar-refractivity contribution is 0.184. The summed E-state index contributed by atoms with van der Waals surface area (Å²) in [5.41, 5.74) is 0.563. The molecule has 0 heterocycles. The highest BCUT2D eigenvalue weighted by Crippen LogP contribution is 2.23. The quantitative estimate of drug-likeness (QED) is 0.739. The highest BCUT2D eigenvalue weighted by molar-refractivity contribution is 5.46. The molecule has 3 nitrogen and oxygen atoms in total.